The highest BCUT2D eigenvalue weighted by atomic mass is 32.1. The summed E-state index contributed by atoms with van der Waals surface area (Å²) in [4.78, 5) is 15.9. The number of hydrogen-bond acceptors (Lipinski definition) is 5. The van der Waals surface area contributed by atoms with Crippen LogP contribution in [0.4, 0.5) is 0 Å². The topological polar surface area (TPSA) is 94.0 Å². The number of carbonyl (C=O) groups excluding carboxylic acids is 1. The van der Waals surface area contributed by atoms with Gasteiger partial charge in [-0.15, -0.1) is 11.3 Å². The first-order valence-corrected chi connectivity index (χ1v) is 7.18. The lowest BCUT2D eigenvalue weighted by Crippen LogP contribution is -2.48. The van der Waals surface area contributed by atoms with Crippen molar-refractivity contribution < 1.29 is 4.79 Å². The molecule has 1 atom stereocenters. The Kier molecular flexibility index (Phi) is 2.91. The van der Waals surface area contributed by atoms with E-state index in [2.05, 4.69) is 15.7 Å². The summed E-state index contributed by atoms with van der Waals surface area (Å²) in [5.41, 5.74) is 12.2. The number of nitrogens with zero attached hydrogens (tertiary/aromatic N) is 1. The fourth-order valence-electron chi connectivity index (χ4n) is 2.25. The lowest BCUT2D eigenvalue weighted by atomic mass is 9.83. The molecule has 0 aromatic carbocycles. The summed E-state index contributed by atoms with van der Waals surface area (Å²) in [6.07, 6.45) is 8.59. The van der Waals surface area contributed by atoms with Crippen LogP contribution in [0.5, 0.6) is 0 Å². The van der Waals surface area contributed by atoms with Gasteiger partial charge in [0.05, 0.1) is 5.69 Å². The Bertz CT molecular complexity index is 573. The molecule has 0 radical (unpaired) electrons. The maximum Gasteiger partial charge on any atom is 0.248 e. The van der Waals surface area contributed by atoms with Gasteiger partial charge in [-0.3, -0.25) is 10.5 Å². The average molecular weight is 276 g/mol. The zero-order chi connectivity index (χ0) is 13.5. The van der Waals surface area contributed by atoms with Gasteiger partial charge in [0.1, 0.15) is 5.01 Å². The normalized spacial score (nSPS) is 26.5. The molecule has 1 aromatic heterocycles. The second-order valence-electron chi connectivity index (χ2n) is 5.02. The van der Waals surface area contributed by atoms with E-state index < -0.39 is 11.6 Å². The molecule has 0 saturated heterocycles. The molecule has 3 rings (SSSR count). The minimum absolute atomic E-state index is 0.404. The number of hydrogen-bond donors (Lipinski definition) is 3. The van der Waals surface area contributed by atoms with E-state index in [1.165, 1.54) is 30.6 Å². The highest BCUT2D eigenvalue weighted by Crippen LogP contribution is 2.38. The van der Waals surface area contributed by atoms with E-state index in [0.717, 1.165) is 10.7 Å². The Labute approximate surface area is 115 Å². The van der Waals surface area contributed by atoms with Gasteiger partial charge in [0, 0.05) is 16.9 Å². The zero-order valence-corrected chi connectivity index (χ0v) is 11.2. The van der Waals surface area contributed by atoms with E-state index in [1.54, 1.807) is 18.4 Å². The van der Waals surface area contributed by atoms with Crippen molar-refractivity contribution in [3.8, 4) is 0 Å². The molecule has 5 nitrogen and oxygen atoms in total. The van der Waals surface area contributed by atoms with E-state index in [9.17, 15) is 4.79 Å². The average Bonchev–Trinajstić information content (AvgIpc) is 2.76. The van der Waals surface area contributed by atoms with E-state index in [4.69, 9.17) is 11.5 Å². The molecular weight excluding hydrogens is 260 g/mol. The van der Waals surface area contributed by atoms with Crippen molar-refractivity contribution in [3.63, 3.8) is 0 Å². The molecule has 1 saturated carbocycles. The molecule has 1 aliphatic heterocycles. The zero-order valence-electron chi connectivity index (χ0n) is 10.4. The molecule has 5 N–H and O–H groups in total. The number of aromatic nitrogens is 1. The van der Waals surface area contributed by atoms with Gasteiger partial charge in [0.15, 0.2) is 5.66 Å². The number of nitrogens with two attached hydrogens (primary N) is 2. The van der Waals surface area contributed by atoms with Crippen molar-refractivity contribution in [2.24, 2.45) is 11.5 Å². The van der Waals surface area contributed by atoms with Gasteiger partial charge in [0.25, 0.3) is 0 Å². The van der Waals surface area contributed by atoms with E-state index in [1.807, 2.05) is 0 Å². The van der Waals surface area contributed by atoms with Gasteiger partial charge in [-0.1, -0.05) is 6.42 Å². The second-order valence-corrected chi connectivity index (χ2v) is 5.87. The third-order valence-corrected chi connectivity index (χ3v) is 4.66. The Morgan fingerprint density at radius 3 is 2.95 bits per heavy atom. The summed E-state index contributed by atoms with van der Waals surface area (Å²) in [5, 5.41) is 5.87. The standard InChI is InChI=1S/C13H16N4OS/c14-11(18)9-4-5-16-13(15,6-9)12-17-10(7-19-12)8-2-1-3-8/h4-8,16H,1-3,15H2,(H2,14,18). The second kappa shape index (κ2) is 4.47. The Morgan fingerprint density at radius 2 is 2.32 bits per heavy atom. The fourth-order valence-corrected chi connectivity index (χ4v) is 3.20. The van der Waals surface area contributed by atoms with Crippen LogP contribution in [0.1, 0.15) is 35.9 Å². The van der Waals surface area contributed by atoms with Crippen LogP contribution in [0.15, 0.2) is 29.3 Å². The summed E-state index contributed by atoms with van der Waals surface area (Å²) in [7, 11) is 0. The number of rotatable bonds is 3. The van der Waals surface area contributed by atoms with Crippen LogP contribution in [-0.2, 0) is 10.5 Å². The van der Waals surface area contributed by atoms with Crippen LogP contribution >= 0.6 is 11.3 Å². The third-order valence-electron chi connectivity index (χ3n) is 3.65. The monoisotopic (exact) mass is 276 g/mol. The third kappa shape index (κ3) is 2.17. The van der Waals surface area contributed by atoms with E-state index in [0.29, 0.717) is 11.5 Å². The van der Waals surface area contributed by atoms with Crippen molar-refractivity contribution in [1.29, 1.82) is 0 Å². The van der Waals surface area contributed by atoms with Crippen molar-refractivity contribution in [2.75, 3.05) is 0 Å². The quantitative estimate of drug-likeness (QED) is 0.769. The Morgan fingerprint density at radius 1 is 1.53 bits per heavy atom. The van der Waals surface area contributed by atoms with Crippen LogP contribution in [0.3, 0.4) is 0 Å². The van der Waals surface area contributed by atoms with E-state index in [-0.39, 0.29) is 0 Å². The van der Waals surface area contributed by atoms with Gasteiger partial charge in [-0.25, -0.2) is 4.98 Å². The van der Waals surface area contributed by atoms with Crippen molar-refractivity contribution in [2.45, 2.75) is 30.8 Å². The number of thiazole rings is 1. The van der Waals surface area contributed by atoms with Crippen molar-refractivity contribution >= 4 is 17.2 Å². The minimum Gasteiger partial charge on any atom is -0.366 e. The van der Waals surface area contributed by atoms with Gasteiger partial charge < -0.3 is 11.1 Å². The lowest BCUT2D eigenvalue weighted by Gasteiger charge is -2.28. The number of amides is 1. The molecule has 0 spiro atoms. The number of dihydropyridines is 1. The summed E-state index contributed by atoms with van der Waals surface area (Å²) in [5.74, 6) is 0.0932. The lowest BCUT2D eigenvalue weighted by molar-refractivity contribution is -0.114. The summed E-state index contributed by atoms with van der Waals surface area (Å²) < 4.78 is 0. The predicted octanol–water partition coefficient (Wildman–Crippen LogP) is 1.05. The Hall–Kier alpha value is -1.66. The van der Waals surface area contributed by atoms with Gasteiger partial charge in [-0.05, 0) is 31.2 Å². The van der Waals surface area contributed by atoms with Gasteiger partial charge in [0.2, 0.25) is 5.91 Å². The van der Waals surface area contributed by atoms with Crippen LogP contribution < -0.4 is 16.8 Å². The van der Waals surface area contributed by atoms with Crippen molar-refractivity contribution in [3.05, 3.63) is 40.0 Å². The van der Waals surface area contributed by atoms with Crippen LogP contribution in [0.2, 0.25) is 0 Å². The maximum absolute atomic E-state index is 11.2. The molecule has 19 heavy (non-hydrogen) atoms. The fraction of sp³-hybridized carbons (Fsp3) is 0.385. The van der Waals surface area contributed by atoms with Gasteiger partial charge >= 0.3 is 0 Å². The molecule has 1 aliphatic carbocycles. The van der Waals surface area contributed by atoms with Crippen molar-refractivity contribution in [1.82, 2.24) is 10.3 Å². The summed E-state index contributed by atoms with van der Waals surface area (Å²) >= 11 is 1.52. The smallest absolute Gasteiger partial charge is 0.248 e. The molecule has 100 valence electrons. The largest absolute Gasteiger partial charge is 0.366 e. The molecule has 2 heterocycles. The maximum atomic E-state index is 11.2. The highest BCUT2D eigenvalue weighted by molar-refractivity contribution is 7.09. The van der Waals surface area contributed by atoms with E-state index >= 15 is 0 Å². The predicted molar refractivity (Wildman–Crippen MR) is 74.1 cm³/mol. The molecule has 1 unspecified atom stereocenters. The first-order valence-electron chi connectivity index (χ1n) is 6.30. The molecule has 1 aromatic rings. The Balaban J connectivity index is 1.89. The van der Waals surface area contributed by atoms with Gasteiger partial charge in [-0.2, -0.15) is 0 Å². The molecule has 1 amide bonds. The number of nitrogens with one attached hydrogen (secondary N) is 1. The first kappa shape index (κ1) is 12.4. The van der Waals surface area contributed by atoms with Crippen LogP contribution in [-0.4, -0.2) is 10.9 Å². The molecule has 2 aliphatic rings. The molecule has 1 fully saturated rings. The molecule has 0 bridgehead atoms. The molecule has 6 heteroatoms. The van der Waals surface area contributed by atoms with Crippen LogP contribution in [0.25, 0.3) is 0 Å². The van der Waals surface area contributed by atoms with Crippen LogP contribution in [0, 0.1) is 0 Å². The number of carbonyl (C=O) groups is 1. The SMILES string of the molecule is NC(=O)C1=CC(N)(c2nc(C3CCC3)cs2)NC=C1. The molecular formula is C13H16N4OS. The number of primary amides is 1. The highest BCUT2D eigenvalue weighted by Gasteiger charge is 2.32. The minimum atomic E-state index is -0.939. The summed E-state index contributed by atoms with van der Waals surface area (Å²) in [6.45, 7) is 0. The summed E-state index contributed by atoms with van der Waals surface area (Å²) in [6, 6.07) is 0. The first-order chi connectivity index (χ1) is 9.08.